The molecule has 122 valence electrons. The summed E-state index contributed by atoms with van der Waals surface area (Å²) in [6.45, 7) is 7.01. The molecule has 0 unspecified atom stereocenters. The van der Waals surface area contributed by atoms with Crippen LogP contribution in [0.1, 0.15) is 28.7 Å². The molecule has 0 aliphatic carbocycles. The normalized spacial score (nSPS) is 17.4. The standard InChI is InChI=1S/C18H22N2O2S/c1-3-20(11-14-9-10-22-12-14)18(21)16-13(2)19-17(23-16)15-7-5-4-6-8-15/h4-8,14H,3,9-12H2,1-2H3/t14-/m0/s1. The van der Waals surface area contributed by atoms with Crippen LogP contribution in [0, 0.1) is 12.8 Å². The molecule has 1 saturated heterocycles. The number of ether oxygens (including phenoxy) is 1. The second-order valence-corrected chi connectivity index (χ2v) is 6.87. The lowest BCUT2D eigenvalue weighted by atomic mass is 10.1. The van der Waals surface area contributed by atoms with Gasteiger partial charge in [0, 0.05) is 31.2 Å². The van der Waals surface area contributed by atoms with Gasteiger partial charge in [0.2, 0.25) is 0 Å². The van der Waals surface area contributed by atoms with Crippen molar-refractivity contribution in [2.24, 2.45) is 5.92 Å². The van der Waals surface area contributed by atoms with Crippen molar-refractivity contribution >= 4 is 17.2 Å². The lowest BCUT2D eigenvalue weighted by molar-refractivity contribution is 0.0734. The summed E-state index contributed by atoms with van der Waals surface area (Å²) >= 11 is 1.49. The van der Waals surface area contributed by atoms with E-state index in [0.29, 0.717) is 12.5 Å². The van der Waals surface area contributed by atoms with E-state index >= 15 is 0 Å². The van der Waals surface area contributed by atoms with Crippen LogP contribution in [0.3, 0.4) is 0 Å². The minimum atomic E-state index is 0.0941. The molecule has 0 spiro atoms. The first-order chi connectivity index (χ1) is 11.2. The molecule has 3 rings (SSSR count). The van der Waals surface area contributed by atoms with Gasteiger partial charge in [0.15, 0.2) is 0 Å². The smallest absolute Gasteiger partial charge is 0.265 e. The molecule has 23 heavy (non-hydrogen) atoms. The van der Waals surface area contributed by atoms with Gasteiger partial charge in [-0.3, -0.25) is 4.79 Å². The Labute approximate surface area is 141 Å². The molecule has 1 amide bonds. The van der Waals surface area contributed by atoms with Crippen molar-refractivity contribution in [1.29, 1.82) is 0 Å². The molecule has 0 bridgehead atoms. The second kappa shape index (κ2) is 7.23. The lowest BCUT2D eigenvalue weighted by Gasteiger charge is -2.23. The highest BCUT2D eigenvalue weighted by atomic mass is 32.1. The van der Waals surface area contributed by atoms with Gasteiger partial charge in [0.05, 0.1) is 12.3 Å². The molecule has 2 heterocycles. The molecule has 0 radical (unpaired) electrons. The number of benzene rings is 1. The molecule has 1 aliphatic heterocycles. The fourth-order valence-electron chi connectivity index (χ4n) is 2.84. The Balaban J connectivity index is 1.79. The number of aromatic nitrogens is 1. The third kappa shape index (κ3) is 3.62. The Bertz CT molecular complexity index is 663. The molecular weight excluding hydrogens is 308 g/mol. The summed E-state index contributed by atoms with van der Waals surface area (Å²) in [5.74, 6) is 0.553. The van der Waals surface area contributed by atoms with Gasteiger partial charge in [-0.05, 0) is 20.3 Å². The Morgan fingerprint density at radius 1 is 1.39 bits per heavy atom. The minimum Gasteiger partial charge on any atom is -0.381 e. The fraction of sp³-hybridized carbons (Fsp3) is 0.444. The average Bonchev–Trinajstić information content (AvgIpc) is 3.22. The quantitative estimate of drug-likeness (QED) is 0.841. The van der Waals surface area contributed by atoms with E-state index in [1.807, 2.05) is 49.1 Å². The molecule has 1 aromatic heterocycles. The van der Waals surface area contributed by atoms with E-state index in [4.69, 9.17) is 4.74 Å². The summed E-state index contributed by atoms with van der Waals surface area (Å²) in [7, 11) is 0. The average molecular weight is 330 g/mol. The van der Waals surface area contributed by atoms with Gasteiger partial charge in [0.1, 0.15) is 9.88 Å². The van der Waals surface area contributed by atoms with Gasteiger partial charge >= 0.3 is 0 Å². The number of aryl methyl sites for hydroxylation is 1. The van der Waals surface area contributed by atoms with Crippen LogP contribution < -0.4 is 0 Å². The number of hydrogen-bond donors (Lipinski definition) is 0. The highest BCUT2D eigenvalue weighted by Gasteiger charge is 2.25. The Morgan fingerprint density at radius 2 is 2.17 bits per heavy atom. The monoisotopic (exact) mass is 330 g/mol. The molecule has 4 nitrogen and oxygen atoms in total. The molecular formula is C18H22N2O2S. The Morgan fingerprint density at radius 3 is 2.83 bits per heavy atom. The van der Waals surface area contributed by atoms with E-state index in [9.17, 15) is 4.79 Å². The lowest BCUT2D eigenvalue weighted by Crippen LogP contribution is -2.35. The van der Waals surface area contributed by atoms with Crippen molar-refractivity contribution in [3.05, 3.63) is 40.9 Å². The summed E-state index contributed by atoms with van der Waals surface area (Å²) < 4.78 is 5.43. The van der Waals surface area contributed by atoms with Gasteiger partial charge in [-0.15, -0.1) is 11.3 Å². The molecule has 0 N–H and O–H groups in total. The van der Waals surface area contributed by atoms with Crippen molar-refractivity contribution in [1.82, 2.24) is 9.88 Å². The fourth-order valence-corrected chi connectivity index (χ4v) is 3.88. The number of carbonyl (C=O) groups is 1. The summed E-state index contributed by atoms with van der Waals surface area (Å²) in [6, 6.07) is 10.0. The van der Waals surface area contributed by atoms with E-state index < -0.39 is 0 Å². The van der Waals surface area contributed by atoms with Crippen LogP contribution in [0.5, 0.6) is 0 Å². The first-order valence-electron chi connectivity index (χ1n) is 8.09. The predicted octanol–water partition coefficient (Wildman–Crippen LogP) is 3.62. The minimum absolute atomic E-state index is 0.0941. The summed E-state index contributed by atoms with van der Waals surface area (Å²) in [5.41, 5.74) is 1.88. The van der Waals surface area contributed by atoms with Gasteiger partial charge in [0.25, 0.3) is 5.91 Å². The van der Waals surface area contributed by atoms with Crippen LogP contribution >= 0.6 is 11.3 Å². The van der Waals surface area contributed by atoms with Crippen molar-refractivity contribution in [3.8, 4) is 10.6 Å². The van der Waals surface area contributed by atoms with E-state index in [2.05, 4.69) is 4.98 Å². The topological polar surface area (TPSA) is 42.4 Å². The van der Waals surface area contributed by atoms with E-state index in [1.54, 1.807) is 0 Å². The maximum Gasteiger partial charge on any atom is 0.265 e. The van der Waals surface area contributed by atoms with Crippen LogP contribution in [-0.2, 0) is 4.74 Å². The Kier molecular flexibility index (Phi) is 5.08. The maximum atomic E-state index is 12.9. The third-order valence-electron chi connectivity index (χ3n) is 4.18. The van der Waals surface area contributed by atoms with Gasteiger partial charge in [-0.1, -0.05) is 30.3 Å². The third-order valence-corrected chi connectivity index (χ3v) is 5.38. The summed E-state index contributed by atoms with van der Waals surface area (Å²) in [6.07, 6.45) is 1.04. The van der Waals surface area contributed by atoms with Crippen molar-refractivity contribution in [2.75, 3.05) is 26.3 Å². The molecule has 2 aromatic rings. The molecule has 1 aromatic carbocycles. The molecule has 5 heteroatoms. The maximum absolute atomic E-state index is 12.9. The van der Waals surface area contributed by atoms with Crippen molar-refractivity contribution < 1.29 is 9.53 Å². The van der Waals surface area contributed by atoms with E-state index in [-0.39, 0.29) is 5.91 Å². The van der Waals surface area contributed by atoms with E-state index in [0.717, 1.165) is 47.3 Å². The zero-order valence-corrected chi connectivity index (χ0v) is 14.4. The SMILES string of the molecule is CCN(C[C@@H]1CCOC1)C(=O)c1sc(-c2ccccc2)nc1C. The first kappa shape index (κ1) is 16.1. The van der Waals surface area contributed by atoms with Crippen LogP contribution in [0.25, 0.3) is 10.6 Å². The summed E-state index contributed by atoms with van der Waals surface area (Å²) in [5, 5.41) is 0.909. The largest absolute Gasteiger partial charge is 0.381 e. The molecule has 1 aliphatic rings. The second-order valence-electron chi connectivity index (χ2n) is 5.87. The molecule has 1 fully saturated rings. The number of thiazole rings is 1. The van der Waals surface area contributed by atoms with Crippen molar-refractivity contribution in [2.45, 2.75) is 20.3 Å². The zero-order chi connectivity index (χ0) is 16.2. The number of rotatable bonds is 5. The highest BCUT2D eigenvalue weighted by molar-refractivity contribution is 7.17. The van der Waals surface area contributed by atoms with Crippen molar-refractivity contribution in [3.63, 3.8) is 0 Å². The van der Waals surface area contributed by atoms with Crippen LogP contribution in [0.4, 0.5) is 0 Å². The van der Waals surface area contributed by atoms with Gasteiger partial charge in [-0.25, -0.2) is 4.98 Å². The zero-order valence-electron chi connectivity index (χ0n) is 13.6. The first-order valence-corrected chi connectivity index (χ1v) is 8.90. The summed E-state index contributed by atoms with van der Waals surface area (Å²) in [4.78, 5) is 20.2. The van der Waals surface area contributed by atoms with Gasteiger partial charge in [-0.2, -0.15) is 0 Å². The van der Waals surface area contributed by atoms with E-state index in [1.165, 1.54) is 11.3 Å². The van der Waals surface area contributed by atoms with Gasteiger partial charge < -0.3 is 9.64 Å². The van der Waals surface area contributed by atoms with Crippen LogP contribution in [0.2, 0.25) is 0 Å². The predicted molar refractivity (Wildman–Crippen MR) is 92.8 cm³/mol. The molecule has 1 atom stereocenters. The highest BCUT2D eigenvalue weighted by Crippen LogP contribution is 2.29. The number of nitrogens with zero attached hydrogens (tertiary/aromatic N) is 2. The number of carbonyl (C=O) groups excluding carboxylic acids is 1. The molecule has 0 saturated carbocycles. The van der Waals surface area contributed by atoms with Crippen LogP contribution in [0.15, 0.2) is 30.3 Å². The Hall–Kier alpha value is -1.72. The number of amides is 1. The van der Waals surface area contributed by atoms with Crippen LogP contribution in [-0.4, -0.2) is 42.1 Å². The number of hydrogen-bond acceptors (Lipinski definition) is 4.